The Morgan fingerprint density at radius 2 is 1.57 bits per heavy atom. The standard InChI is InChI=1S/C21H30N4O2S/c1-4-19-8-6-7-9-20(19)15-25-21(23-5-2)24-14-17-10-12-18(13-11-17)16-28(26,27)22-3/h6-13,22H,4-5,14-16H2,1-3H3,(H2,23,24,25). The highest BCUT2D eigenvalue weighted by Gasteiger charge is 2.08. The molecule has 0 saturated heterocycles. The number of nitrogens with one attached hydrogen (secondary N) is 3. The molecule has 0 radical (unpaired) electrons. The topological polar surface area (TPSA) is 82.6 Å². The zero-order valence-electron chi connectivity index (χ0n) is 16.8. The summed E-state index contributed by atoms with van der Waals surface area (Å²) in [6, 6.07) is 15.9. The van der Waals surface area contributed by atoms with Gasteiger partial charge in [0, 0.05) is 13.1 Å². The van der Waals surface area contributed by atoms with Crippen molar-refractivity contribution in [2.45, 2.75) is 39.1 Å². The van der Waals surface area contributed by atoms with Gasteiger partial charge < -0.3 is 10.6 Å². The summed E-state index contributed by atoms with van der Waals surface area (Å²) in [6.45, 7) is 6.21. The van der Waals surface area contributed by atoms with Crippen LogP contribution in [0.4, 0.5) is 0 Å². The van der Waals surface area contributed by atoms with Crippen LogP contribution in [0.5, 0.6) is 0 Å². The summed E-state index contributed by atoms with van der Waals surface area (Å²) >= 11 is 0. The molecule has 3 N–H and O–H groups in total. The van der Waals surface area contributed by atoms with E-state index < -0.39 is 10.0 Å². The van der Waals surface area contributed by atoms with Crippen molar-refractivity contribution >= 4 is 16.0 Å². The fraction of sp³-hybridized carbons (Fsp3) is 0.381. The first-order chi connectivity index (χ1) is 13.5. The molecule has 0 saturated carbocycles. The van der Waals surface area contributed by atoms with Crippen LogP contribution in [0.2, 0.25) is 0 Å². The molecule has 0 aliphatic heterocycles. The van der Waals surface area contributed by atoms with Crippen LogP contribution in [0.15, 0.2) is 53.5 Å². The monoisotopic (exact) mass is 402 g/mol. The molecule has 2 rings (SSSR count). The van der Waals surface area contributed by atoms with Gasteiger partial charge >= 0.3 is 0 Å². The van der Waals surface area contributed by atoms with E-state index in [4.69, 9.17) is 0 Å². The Bertz CT molecular complexity index is 878. The van der Waals surface area contributed by atoms with E-state index in [-0.39, 0.29) is 5.75 Å². The van der Waals surface area contributed by atoms with Crippen LogP contribution in [0.25, 0.3) is 0 Å². The van der Waals surface area contributed by atoms with Gasteiger partial charge in [-0.05, 0) is 42.6 Å². The summed E-state index contributed by atoms with van der Waals surface area (Å²) in [5.74, 6) is 0.740. The molecule has 0 amide bonds. The van der Waals surface area contributed by atoms with Gasteiger partial charge in [-0.1, -0.05) is 55.5 Å². The lowest BCUT2D eigenvalue weighted by atomic mass is 10.1. The average molecular weight is 403 g/mol. The Morgan fingerprint density at radius 3 is 2.18 bits per heavy atom. The minimum Gasteiger partial charge on any atom is -0.357 e. The highest BCUT2D eigenvalue weighted by molar-refractivity contribution is 7.88. The molecule has 0 atom stereocenters. The zero-order chi connectivity index (χ0) is 20.4. The van der Waals surface area contributed by atoms with Gasteiger partial charge in [0.1, 0.15) is 0 Å². The smallest absolute Gasteiger partial charge is 0.215 e. The quantitative estimate of drug-likeness (QED) is 0.445. The fourth-order valence-corrected chi connectivity index (χ4v) is 3.57. The lowest BCUT2D eigenvalue weighted by Crippen LogP contribution is -2.37. The van der Waals surface area contributed by atoms with E-state index >= 15 is 0 Å². The van der Waals surface area contributed by atoms with E-state index in [0.717, 1.165) is 36.6 Å². The molecule has 0 heterocycles. The van der Waals surface area contributed by atoms with E-state index in [1.807, 2.05) is 31.2 Å². The van der Waals surface area contributed by atoms with Crippen molar-refractivity contribution in [3.63, 3.8) is 0 Å². The molecule has 0 aromatic heterocycles. The molecule has 0 aliphatic rings. The third kappa shape index (κ3) is 6.98. The second kappa shape index (κ2) is 10.8. The summed E-state index contributed by atoms with van der Waals surface area (Å²) < 4.78 is 25.6. The molecule has 0 aliphatic carbocycles. The molecule has 0 spiro atoms. The molecule has 2 aromatic carbocycles. The van der Waals surface area contributed by atoms with Crippen molar-refractivity contribution in [3.8, 4) is 0 Å². The molecular weight excluding hydrogens is 372 g/mol. The van der Waals surface area contributed by atoms with E-state index in [1.165, 1.54) is 18.2 Å². The van der Waals surface area contributed by atoms with Crippen molar-refractivity contribution < 1.29 is 8.42 Å². The Morgan fingerprint density at radius 1 is 0.929 bits per heavy atom. The Hall–Kier alpha value is -2.38. The number of hydrogen-bond acceptors (Lipinski definition) is 3. The maximum atomic E-state index is 11.6. The van der Waals surface area contributed by atoms with Crippen LogP contribution in [-0.4, -0.2) is 28.0 Å². The number of benzene rings is 2. The first-order valence-corrected chi connectivity index (χ1v) is 11.2. The molecule has 0 fully saturated rings. The summed E-state index contributed by atoms with van der Waals surface area (Å²) in [5, 5.41) is 6.65. The molecule has 28 heavy (non-hydrogen) atoms. The number of nitrogens with zero attached hydrogens (tertiary/aromatic N) is 1. The maximum absolute atomic E-state index is 11.6. The van der Waals surface area contributed by atoms with Gasteiger partial charge in [-0.2, -0.15) is 0 Å². The molecule has 0 bridgehead atoms. The van der Waals surface area contributed by atoms with Crippen LogP contribution in [0, 0.1) is 0 Å². The van der Waals surface area contributed by atoms with E-state index in [0.29, 0.717) is 6.54 Å². The third-order valence-corrected chi connectivity index (χ3v) is 5.74. The third-order valence-electron chi connectivity index (χ3n) is 4.40. The van der Waals surface area contributed by atoms with Crippen molar-refractivity contribution in [2.24, 2.45) is 4.99 Å². The SMILES string of the molecule is CCNC(=NCc1ccc(CS(=O)(=O)NC)cc1)NCc1ccccc1CC. The first kappa shape index (κ1) is 21.9. The lowest BCUT2D eigenvalue weighted by Gasteiger charge is -2.13. The highest BCUT2D eigenvalue weighted by Crippen LogP contribution is 2.10. The van der Waals surface area contributed by atoms with Crippen LogP contribution < -0.4 is 15.4 Å². The summed E-state index contributed by atoms with van der Waals surface area (Å²) in [4.78, 5) is 4.64. The van der Waals surface area contributed by atoms with E-state index in [9.17, 15) is 8.42 Å². The second-order valence-corrected chi connectivity index (χ2v) is 8.38. The Balaban J connectivity index is 2.00. The molecule has 6 nitrogen and oxygen atoms in total. The number of aliphatic imine (C=N–C) groups is 1. The normalized spacial score (nSPS) is 12.0. The molecule has 7 heteroatoms. The predicted octanol–water partition coefficient (Wildman–Crippen LogP) is 2.55. The molecule has 152 valence electrons. The predicted molar refractivity (Wildman–Crippen MR) is 116 cm³/mol. The van der Waals surface area contributed by atoms with Gasteiger partial charge in [0.25, 0.3) is 0 Å². The van der Waals surface area contributed by atoms with E-state index in [2.05, 4.69) is 51.5 Å². The number of sulfonamides is 1. The van der Waals surface area contributed by atoms with Gasteiger partial charge in [0.05, 0.1) is 12.3 Å². The fourth-order valence-electron chi connectivity index (χ4n) is 2.80. The number of aryl methyl sites for hydroxylation is 1. The lowest BCUT2D eigenvalue weighted by molar-refractivity contribution is 0.587. The summed E-state index contributed by atoms with van der Waals surface area (Å²) in [6.07, 6.45) is 1.00. The van der Waals surface area contributed by atoms with Crippen molar-refractivity contribution in [2.75, 3.05) is 13.6 Å². The van der Waals surface area contributed by atoms with Crippen LogP contribution >= 0.6 is 0 Å². The largest absolute Gasteiger partial charge is 0.357 e. The average Bonchev–Trinajstić information content (AvgIpc) is 2.71. The maximum Gasteiger partial charge on any atom is 0.215 e. The number of guanidine groups is 1. The van der Waals surface area contributed by atoms with E-state index in [1.54, 1.807) is 0 Å². The molecule has 2 aromatic rings. The van der Waals surface area contributed by atoms with Gasteiger partial charge in [0.2, 0.25) is 10.0 Å². The zero-order valence-corrected chi connectivity index (χ0v) is 17.6. The Labute approximate surface area is 168 Å². The van der Waals surface area contributed by atoms with Crippen molar-refractivity contribution in [3.05, 3.63) is 70.8 Å². The van der Waals surface area contributed by atoms with Crippen LogP contribution in [-0.2, 0) is 35.3 Å². The van der Waals surface area contributed by atoms with Crippen molar-refractivity contribution in [1.82, 2.24) is 15.4 Å². The minimum atomic E-state index is -3.26. The minimum absolute atomic E-state index is 0.0198. The van der Waals surface area contributed by atoms with Gasteiger partial charge in [0.15, 0.2) is 5.96 Å². The van der Waals surface area contributed by atoms with Gasteiger partial charge in [-0.3, -0.25) is 0 Å². The van der Waals surface area contributed by atoms with Crippen LogP contribution in [0.1, 0.15) is 36.1 Å². The highest BCUT2D eigenvalue weighted by atomic mass is 32.2. The second-order valence-electron chi connectivity index (χ2n) is 6.45. The first-order valence-electron chi connectivity index (χ1n) is 9.55. The molecular formula is C21H30N4O2S. The summed E-state index contributed by atoms with van der Waals surface area (Å²) in [7, 11) is -1.83. The van der Waals surface area contributed by atoms with Gasteiger partial charge in [-0.15, -0.1) is 0 Å². The number of rotatable bonds is 9. The Kier molecular flexibility index (Phi) is 8.47. The van der Waals surface area contributed by atoms with Crippen LogP contribution in [0.3, 0.4) is 0 Å². The molecule has 0 unspecified atom stereocenters. The van der Waals surface area contributed by atoms with Gasteiger partial charge in [-0.25, -0.2) is 18.1 Å². The number of hydrogen-bond donors (Lipinski definition) is 3. The summed E-state index contributed by atoms with van der Waals surface area (Å²) in [5.41, 5.74) is 4.38. The van der Waals surface area contributed by atoms with Crippen molar-refractivity contribution in [1.29, 1.82) is 0 Å².